The van der Waals surface area contributed by atoms with Crippen LogP contribution in [0.25, 0.3) is 0 Å². The van der Waals surface area contributed by atoms with Crippen molar-refractivity contribution < 1.29 is 9.84 Å². The van der Waals surface area contributed by atoms with E-state index in [0.717, 1.165) is 5.56 Å². The molecule has 1 aromatic rings. The van der Waals surface area contributed by atoms with Crippen LogP contribution in [0.4, 0.5) is 0 Å². The number of methoxy groups -OCH3 is 1. The van der Waals surface area contributed by atoms with Gasteiger partial charge in [0, 0.05) is 25.9 Å². The molecule has 0 aliphatic carbocycles. The third-order valence-corrected chi connectivity index (χ3v) is 2.52. The molecule has 0 amide bonds. The zero-order valence-electron chi connectivity index (χ0n) is 9.19. The lowest BCUT2D eigenvalue weighted by atomic mass is 9.86. The first-order chi connectivity index (χ1) is 6.50. The van der Waals surface area contributed by atoms with Crippen LogP contribution < -0.4 is 0 Å². The molecule has 0 aliphatic heterocycles. The highest BCUT2D eigenvalue weighted by molar-refractivity contribution is 5.16. The molecule has 1 rings (SSSR count). The summed E-state index contributed by atoms with van der Waals surface area (Å²) in [6, 6.07) is 0. The average Bonchev–Trinajstić information content (AvgIpc) is 2.52. The summed E-state index contributed by atoms with van der Waals surface area (Å²) in [4.78, 5) is 0. The van der Waals surface area contributed by atoms with Crippen LogP contribution >= 0.6 is 0 Å². The Morgan fingerprint density at radius 3 is 2.64 bits per heavy atom. The summed E-state index contributed by atoms with van der Waals surface area (Å²) < 4.78 is 6.72. The lowest BCUT2D eigenvalue weighted by Crippen LogP contribution is -2.36. The molecule has 14 heavy (non-hydrogen) atoms. The number of hydrogen-bond donors (Lipinski definition) is 1. The Morgan fingerprint density at radius 2 is 2.29 bits per heavy atom. The Balaban J connectivity index is 2.98. The minimum absolute atomic E-state index is 0.0895. The lowest BCUT2D eigenvalue weighted by molar-refractivity contribution is -0.0700. The van der Waals surface area contributed by atoms with Gasteiger partial charge in [0.2, 0.25) is 0 Å². The number of aryl methyl sites for hydroxylation is 1. The fourth-order valence-electron chi connectivity index (χ4n) is 1.45. The van der Waals surface area contributed by atoms with Crippen molar-refractivity contribution in [2.24, 2.45) is 13.0 Å². The largest absolute Gasteiger partial charge is 0.382 e. The monoisotopic (exact) mass is 198 g/mol. The Labute approximate surface area is 84.5 Å². The van der Waals surface area contributed by atoms with Crippen LogP contribution in [0.1, 0.15) is 19.4 Å². The highest BCUT2D eigenvalue weighted by Crippen LogP contribution is 2.29. The van der Waals surface area contributed by atoms with Gasteiger partial charge in [-0.1, -0.05) is 13.8 Å². The van der Waals surface area contributed by atoms with Gasteiger partial charge < -0.3 is 9.84 Å². The molecule has 4 heteroatoms. The summed E-state index contributed by atoms with van der Waals surface area (Å²) >= 11 is 0. The van der Waals surface area contributed by atoms with E-state index < -0.39 is 5.60 Å². The van der Waals surface area contributed by atoms with E-state index in [-0.39, 0.29) is 12.5 Å². The van der Waals surface area contributed by atoms with Crippen molar-refractivity contribution in [2.75, 3.05) is 13.7 Å². The predicted molar refractivity (Wildman–Crippen MR) is 53.8 cm³/mol. The third kappa shape index (κ3) is 1.96. The zero-order chi connectivity index (χ0) is 10.8. The Hall–Kier alpha value is -0.870. The Morgan fingerprint density at radius 1 is 1.64 bits per heavy atom. The van der Waals surface area contributed by atoms with Crippen LogP contribution in [0.15, 0.2) is 12.4 Å². The molecule has 0 spiro atoms. The van der Waals surface area contributed by atoms with Crippen LogP contribution in [0.3, 0.4) is 0 Å². The highest BCUT2D eigenvalue weighted by Gasteiger charge is 2.34. The van der Waals surface area contributed by atoms with Gasteiger partial charge in [0.1, 0.15) is 5.60 Å². The van der Waals surface area contributed by atoms with Crippen LogP contribution in [0.5, 0.6) is 0 Å². The maximum Gasteiger partial charge on any atom is 0.118 e. The van der Waals surface area contributed by atoms with E-state index in [1.54, 1.807) is 18.0 Å². The van der Waals surface area contributed by atoms with Gasteiger partial charge in [-0.15, -0.1) is 0 Å². The smallest absolute Gasteiger partial charge is 0.118 e. The first-order valence-electron chi connectivity index (χ1n) is 4.71. The molecule has 4 nitrogen and oxygen atoms in total. The molecule has 1 aromatic heterocycles. The van der Waals surface area contributed by atoms with Crippen molar-refractivity contribution in [2.45, 2.75) is 19.4 Å². The quantitative estimate of drug-likeness (QED) is 0.782. The van der Waals surface area contributed by atoms with Crippen LogP contribution in [-0.2, 0) is 17.4 Å². The molecule has 80 valence electrons. The van der Waals surface area contributed by atoms with Crippen molar-refractivity contribution in [3.63, 3.8) is 0 Å². The number of ether oxygens (including phenoxy) is 1. The van der Waals surface area contributed by atoms with Gasteiger partial charge in [0.25, 0.3) is 0 Å². The molecule has 0 radical (unpaired) electrons. The van der Waals surface area contributed by atoms with Gasteiger partial charge in [0.15, 0.2) is 0 Å². The van der Waals surface area contributed by atoms with Crippen LogP contribution in [-0.4, -0.2) is 28.6 Å². The first-order valence-corrected chi connectivity index (χ1v) is 4.71. The molecular formula is C10H18N2O2. The van der Waals surface area contributed by atoms with Crippen molar-refractivity contribution in [3.05, 3.63) is 18.0 Å². The Bertz CT molecular complexity index is 296. The second-order valence-corrected chi connectivity index (χ2v) is 3.91. The molecule has 0 saturated heterocycles. The van der Waals surface area contributed by atoms with E-state index in [2.05, 4.69) is 5.10 Å². The van der Waals surface area contributed by atoms with Gasteiger partial charge in [-0.25, -0.2) is 0 Å². The van der Waals surface area contributed by atoms with Crippen molar-refractivity contribution in [1.29, 1.82) is 0 Å². The predicted octanol–water partition coefficient (Wildman–Crippen LogP) is 0.910. The van der Waals surface area contributed by atoms with E-state index in [9.17, 15) is 5.11 Å². The molecular weight excluding hydrogens is 180 g/mol. The average molecular weight is 198 g/mol. The summed E-state index contributed by atoms with van der Waals surface area (Å²) in [6.45, 7) is 4.22. The number of aromatic nitrogens is 2. The normalized spacial score (nSPS) is 15.9. The molecule has 0 fully saturated rings. The summed E-state index contributed by atoms with van der Waals surface area (Å²) in [5.74, 6) is 0.0895. The van der Waals surface area contributed by atoms with Crippen LogP contribution in [0.2, 0.25) is 0 Å². The van der Waals surface area contributed by atoms with Gasteiger partial charge in [0.05, 0.1) is 12.8 Å². The number of nitrogens with zero attached hydrogens (tertiary/aromatic N) is 2. The summed E-state index contributed by atoms with van der Waals surface area (Å²) in [6.07, 6.45) is 3.50. The highest BCUT2D eigenvalue weighted by atomic mass is 16.5. The van der Waals surface area contributed by atoms with Crippen molar-refractivity contribution in [3.8, 4) is 0 Å². The molecule has 1 N–H and O–H groups in total. The van der Waals surface area contributed by atoms with E-state index in [4.69, 9.17) is 4.74 Å². The van der Waals surface area contributed by atoms with Gasteiger partial charge >= 0.3 is 0 Å². The maximum absolute atomic E-state index is 10.4. The van der Waals surface area contributed by atoms with E-state index in [1.165, 1.54) is 0 Å². The minimum Gasteiger partial charge on any atom is -0.382 e. The zero-order valence-corrected chi connectivity index (χ0v) is 9.19. The van der Waals surface area contributed by atoms with E-state index in [1.807, 2.05) is 27.1 Å². The SMILES string of the molecule is COCC(O)(c1cnn(C)c1)C(C)C. The summed E-state index contributed by atoms with van der Waals surface area (Å²) in [5.41, 5.74) is -0.139. The molecule has 0 saturated carbocycles. The lowest BCUT2D eigenvalue weighted by Gasteiger charge is -2.30. The van der Waals surface area contributed by atoms with E-state index >= 15 is 0 Å². The minimum atomic E-state index is -0.941. The van der Waals surface area contributed by atoms with Crippen molar-refractivity contribution >= 4 is 0 Å². The third-order valence-electron chi connectivity index (χ3n) is 2.52. The molecule has 1 heterocycles. The second-order valence-electron chi connectivity index (χ2n) is 3.91. The molecule has 0 bridgehead atoms. The summed E-state index contributed by atoms with van der Waals surface area (Å²) in [5, 5.41) is 14.4. The molecule has 1 unspecified atom stereocenters. The fraction of sp³-hybridized carbons (Fsp3) is 0.700. The molecule has 0 aromatic carbocycles. The van der Waals surface area contributed by atoms with Gasteiger partial charge in [-0.05, 0) is 5.92 Å². The van der Waals surface area contributed by atoms with Crippen LogP contribution in [0, 0.1) is 5.92 Å². The summed E-state index contributed by atoms with van der Waals surface area (Å²) in [7, 11) is 3.42. The maximum atomic E-state index is 10.4. The Kier molecular flexibility index (Phi) is 3.29. The fourth-order valence-corrected chi connectivity index (χ4v) is 1.45. The number of hydrogen-bond acceptors (Lipinski definition) is 3. The number of aliphatic hydroxyl groups is 1. The standard InChI is InChI=1S/C10H18N2O2/c1-8(2)10(13,7-14-4)9-5-11-12(3)6-9/h5-6,8,13H,7H2,1-4H3. The molecule has 1 atom stereocenters. The van der Waals surface area contributed by atoms with E-state index in [0.29, 0.717) is 0 Å². The topological polar surface area (TPSA) is 47.3 Å². The number of rotatable bonds is 4. The first kappa shape index (κ1) is 11.2. The van der Waals surface area contributed by atoms with Gasteiger partial charge in [-0.3, -0.25) is 4.68 Å². The second kappa shape index (κ2) is 4.11. The molecule has 0 aliphatic rings. The van der Waals surface area contributed by atoms with Crippen molar-refractivity contribution in [1.82, 2.24) is 9.78 Å². The van der Waals surface area contributed by atoms with Gasteiger partial charge in [-0.2, -0.15) is 5.10 Å².